The summed E-state index contributed by atoms with van der Waals surface area (Å²) in [5.41, 5.74) is 1.88. The summed E-state index contributed by atoms with van der Waals surface area (Å²) in [5.74, 6) is 0.150. The number of carbonyl (C=O) groups is 2. The van der Waals surface area contributed by atoms with Gasteiger partial charge in [0.25, 0.3) is 0 Å². The summed E-state index contributed by atoms with van der Waals surface area (Å²) in [6.45, 7) is 2.85. The van der Waals surface area contributed by atoms with Gasteiger partial charge < -0.3 is 14.8 Å². The lowest BCUT2D eigenvalue weighted by Crippen LogP contribution is -2.30. The maximum absolute atomic E-state index is 12.3. The average Bonchev–Trinajstić information content (AvgIpc) is 2.62. The zero-order chi connectivity index (χ0) is 18.9. The lowest BCUT2D eigenvalue weighted by Gasteiger charge is -2.17. The molecule has 0 saturated carbocycles. The molecule has 6 heteroatoms. The van der Waals surface area contributed by atoms with E-state index in [0.717, 1.165) is 11.3 Å². The molecule has 6 nitrogen and oxygen atoms in total. The van der Waals surface area contributed by atoms with Crippen LogP contribution in [0.4, 0.5) is 5.69 Å². The zero-order valence-electron chi connectivity index (χ0n) is 15.3. The van der Waals surface area contributed by atoms with Crippen LogP contribution in [0.5, 0.6) is 5.75 Å². The SMILES string of the molecule is CCOC(=O)c1ccccc1NC(=O)CN(C)Cc1ccc(OC)cc1. The number of esters is 1. The first-order valence-electron chi connectivity index (χ1n) is 8.41. The molecule has 0 aromatic heterocycles. The van der Waals surface area contributed by atoms with E-state index < -0.39 is 5.97 Å². The van der Waals surface area contributed by atoms with Crippen LogP contribution in [-0.4, -0.2) is 44.1 Å². The Bertz CT molecular complexity index is 744. The van der Waals surface area contributed by atoms with Gasteiger partial charge in [-0.25, -0.2) is 4.79 Å². The van der Waals surface area contributed by atoms with E-state index in [1.165, 1.54) is 0 Å². The molecule has 0 spiro atoms. The van der Waals surface area contributed by atoms with Gasteiger partial charge in [0.15, 0.2) is 0 Å². The number of rotatable bonds is 8. The topological polar surface area (TPSA) is 67.9 Å². The highest BCUT2D eigenvalue weighted by Gasteiger charge is 2.15. The van der Waals surface area contributed by atoms with Crippen molar-refractivity contribution in [2.75, 3.05) is 32.6 Å². The Morgan fingerprint density at radius 2 is 1.77 bits per heavy atom. The van der Waals surface area contributed by atoms with Crippen molar-refractivity contribution in [3.05, 3.63) is 59.7 Å². The molecule has 2 aromatic rings. The average molecular weight is 356 g/mol. The van der Waals surface area contributed by atoms with Gasteiger partial charge in [0.05, 0.1) is 31.5 Å². The van der Waals surface area contributed by atoms with E-state index in [2.05, 4.69) is 5.32 Å². The predicted octanol–water partition coefficient (Wildman–Crippen LogP) is 2.94. The van der Waals surface area contributed by atoms with Crippen LogP contribution in [-0.2, 0) is 16.1 Å². The molecular weight excluding hydrogens is 332 g/mol. The molecular formula is C20H24N2O4. The number of hydrogen-bond donors (Lipinski definition) is 1. The minimum atomic E-state index is -0.449. The Kier molecular flexibility index (Phi) is 7.17. The van der Waals surface area contributed by atoms with Gasteiger partial charge >= 0.3 is 5.97 Å². The van der Waals surface area contributed by atoms with Crippen molar-refractivity contribution >= 4 is 17.6 Å². The second-order valence-electron chi connectivity index (χ2n) is 5.83. The summed E-state index contributed by atoms with van der Waals surface area (Å²) < 4.78 is 10.2. The van der Waals surface area contributed by atoms with E-state index in [-0.39, 0.29) is 19.1 Å². The lowest BCUT2D eigenvalue weighted by atomic mass is 10.1. The Morgan fingerprint density at radius 3 is 2.42 bits per heavy atom. The van der Waals surface area contributed by atoms with Crippen LogP contribution in [0.2, 0.25) is 0 Å². The molecule has 0 bridgehead atoms. The first kappa shape index (κ1) is 19.5. The van der Waals surface area contributed by atoms with Crippen LogP contribution in [0.15, 0.2) is 48.5 Å². The minimum absolute atomic E-state index is 0.197. The van der Waals surface area contributed by atoms with Crippen molar-refractivity contribution < 1.29 is 19.1 Å². The Hall–Kier alpha value is -2.86. The molecule has 2 rings (SSSR count). The Labute approximate surface area is 153 Å². The van der Waals surface area contributed by atoms with Gasteiger partial charge in [0.2, 0.25) is 5.91 Å². The maximum Gasteiger partial charge on any atom is 0.340 e. The van der Waals surface area contributed by atoms with Gasteiger partial charge in [-0.05, 0) is 43.8 Å². The summed E-state index contributed by atoms with van der Waals surface area (Å²) in [6, 6.07) is 14.5. The summed E-state index contributed by atoms with van der Waals surface area (Å²) >= 11 is 0. The number of anilines is 1. The third-order valence-corrected chi connectivity index (χ3v) is 3.72. The van der Waals surface area contributed by atoms with Gasteiger partial charge in [-0.2, -0.15) is 0 Å². The van der Waals surface area contributed by atoms with E-state index in [1.54, 1.807) is 38.3 Å². The van der Waals surface area contributed by atoms with Crippen molar-refractivity contribution in [2.45, 2.75) is 13.5 Å². The van der Waals surface area contributed by atoms with Crippen LogP contribution in [0, 0.1) is 0 Å². The third-order valence-electron chi connectivity index (χ3n) is 3.72. The molecule has 1 N–H and O–H groups in total. The molecule has 138 valence electrons. The van der Waals surface area contributed by atoms with Gasteiger partial charge in [0.1, 0.15) is 5.75 Å². The molecule has 0 aliphatic rings. The summed E-state index contributed by atoms with van der Waals surface area (Å²) in [5, 5.41) is 2.78. The fraction of sp³-hybridized carbons (Fsp3) is 0.300. The number of para-hydroxylation sites is 1. The van der Waals surface area contributed by atoms with Crippen molar-refractivity contribution in [1.29, 1.82) is 0 Å². The molecule has 0 aliphatic heterocycles. The second-order valence-corrected chi connectivity index (χ2v) is 5.83. The van der Waals surface area contributed by atoms with Crippen molar-refractivity contribution in [3.63, 3.8) is 0 Å². The van der Waals surface area contributed by atoms with E-state index in [9.17, 15) is 9.59 Å². The highest BCUT2D eigenvalue weighted by Crippen LogP contribution is 2.17. The smallest absolute Gasteiger partial charge is 0.340 e. The van der Waals surface area contributed by atoms with Crippen LogP contribution in [0.1, 0.15) is 22.8 Å². The van der Waals surface area contributed by atoms with Crippen LogP contribution >= 0.6 is 0 Å². The van der Waals surface area contributed by atoms with Crippen molar-refractivity contribution in [3.8, 4) is 5.75 Å². The van der Waals surface area contributed by atoms with E-state index in [4.69, 9.17) is 9.47 Å². The number of carbonyl (C=O) groups excluding carboxylic acids is 2. The summed E-state index contributed by atoms with van der Waals surface area (Å²) in [4.78, 5) is 26.2. The first-order valence-corrected chi connectivity index (χ1v) is 8.41. The number of nitrogens with zero attached hydrogens (tertiary/aromatic N) is 1. The molecule has 0 atom stereocenters. The molecule has 0 fully saturated rings. The van der Waals surface area contributed by atoms with Gasteiger partial charge in [0, 0.05) is 6.54 Å². The van der Waals surface area contributed by atoms with Crippen molar-refractivity contribution in [1.82, 2.24) is 4.90 Å². The number of nitrogens with one attached hydrogen (secondary N) is 1. The second kappa shape index (κ2) is 9.58. The number of benzene rings is 2. The van der Waals surface area contributed by atoms with Gasteiger partial charge in [-0.3, -0.25) is 9.69 Å². The fourth-order valence-electron chi connectivity index (χ4n) is 2.51. The molecule has 1 amide bonds. The minimum Gasteiger partial charge on any atom is -0.497 e. The standard InChI is InChI=1S/C20H24N2O4/c1-4-26-20(24)17-7-5-6-8-18(17)21-19(23)14-22(2)13-15-9-11-16(25-3)12-10-15/h5-12H,4,13-14H2,1-3H3,(H,21,23). The number of ether oxygens (including phenoxy) is 2. The first-order chi connectivity index (χ1) is 12.5. The molecule has 0 saturated heterocycles. The van der Waals surface area contributed by atoms with Crippen LogP contribution in [0.25, 0.3) is 0 Å². The normalized spacial score (nSPS) is 10.5. The quantitative estimate of drug-likeness (QED) is 0.737. The third kappa shape index (κ3) is 5.60. The molecule has 2 aromatic carbocycles. The van der Waals surface area contributed by atoms with Gasteiger partial charge in [-0.15, -0.1) is 0 Å². The Balaban J connectivity index is 1.94. The summed E-state index contributed by atoms with van der Waals surface area (Å²) in [6.07, 6.45) is 0. The van der Waals surface area contributed by atoms with E-state index in [0.29, 0.717) is 17.8 Å². The Morgan fingerprint density at radius 1 is 1.08 bits per heavy atom. The number of amides is 1. The molecule has 0 radical (unpaired) electrons. The highest BCUT2D eigenvalue weighted by atomic mass is 16.5. The molecule has 0 unspecified atom stereocenters. The molecule has 0 aliphatic carbocycles. The lowest BCUT2D eigenvalue weighted by molar-refractivity contribution is -0.117. The zero-order valence-corrected chi connectivity index (χ0v) is 15.3. The predicted molar refractivity (Wildman–Crippen MR) is 100 cm³/mol. The molecule has 0 heterocycles. The number of hydrogen-bond acceptors (Lipinski definition) is 5. The number of methoxy groups -OCH3 is 1. The van der Waals surface area contributed by atoms with E-state index in [1.807, 2.05) is 36.2 Å². The van der Waals surface area contributed by atoms with Crippen LogP contribution < -0.4 is 10.1 Å². The monoisotopic (exact) mass is 356 g/mol. The summed E-state index contributed by atoms with van der Waals surface area (Å²) in [7, 11) is 3.49. The highest BCUT2D eigenvalue weighted by molar-refractivity contribution is 6.01. The maximum atomic E-state index is 12.3. The van der Waals surface area contributed by atoms with E-state index >= 15 is 0 Å². The molecule has 26 heavy (non-hydrogen) atoms. The van der Waals surface area contributed by atoms with Crippen molar-refractivity contribution in [2.24, 2.45) is 0 Å². The van der Waals surface area contributed by atoms with Gasteiger partial charge in [-0.1, -0.05) is 24.3 Å². The fourth-order valence-corrected chi connectivity index (χ4v) is 2.51. The van der Waals surface area contributed by atoms with Crippen LogP contribution in [0.3, 0.4) is 0 Å². The number of likely N-dealkylation sites (N-methyl/N-ethyl adjacent to an activating group) is 1. The largest absolute Gasteiger partial charge is 0.497 e.